The predicted molar refractivity (Wildman–Crippen MR) is 87.0 cm³/mol. The number of rotatable bonds is 5. The number of carboxylic acid groups (broad SMARTS) is 1. The summed E-state index contributed by atoms with van der Waals surface area (Å²) in [7, 11) is 1.91. The highest BCUT2D eigenvalue weighted by molar-refractivity contribution is 5.85. The molecule has 4 nitrogen and oxygen atoms in total. The topological polar surface area (TPSA) is 43.8 Å². The Labute approximate surface area is 133 Å². The van der Waals surface area contributed by atoms with Crippen LogP contribution in [-0.2, 0) is 4.79 Å². The molecular weight excluding hydrogens is 288 g/mol. The SMILES string of the molecule is CC(c1ccccc1)N1CCC(N(C)CC(=O)O)CC1.Cl. The van der Waals surface area contributed by atoms with Gasteiger partial charge in [0.05, 0.1) is 6.54 Å². The second-order valence-electron chi connectivity index (χ2n) is 5.66. The van der Waals surface area contributed by atoms with Crippen molar-refractivity contribution < 1.29 is 9.90 Å². The van der Waals surface area contributed by atoms with Crippen molar-refractivity contribution in [2.45, 2.75) is 31.8 Å². The molecule has 1 aliphatic heterocycles. The van der Waals surface area contributed by atoms with Crippen LogP contribution >= 0.6 is 12.4 Å². The van der Waals surface area contributed by atoms with Gasteiger partial charge in [0, 0.05) is 25.2 Å². The van der Waals surface area contributed by atoms with Crippen LogP contribution < -0.4 is 0 Å². The van der Waals surface area contributed by atoms with Crippen molar-refractivity contribution in [3.05, 3.63) is 35.9 Å². The lowest BCUT2D eigenvalue weighted by Crippen LogP contribution is -2.45. The van der Waals surface area contributed by atoms with Gasteiger partial charge < -0.3 is 5.11 Å². The van der Waals surface area contributed by atoms with Crippen molar-refractivity contribution in [1.82, 2.24) is 9.80 Å². The maximum absolute atomic E-state index is 10.8. The molecule has 0 aromatic heterocycles. The molecule has 1 N–H and O–H groups in total. The number of nitrogens with zero attached hydrogens (tertiary/aromatic N) is 2. The summed E-state index contributed by atoms with van der Waals surface area (Å²) in [5, 5.41) is 8.85. The second kappa shape index (κ2) is 8.37. The number of piperidine rings is 1. The van der Waals surface area contributed by atoms with Gasteiger partial charge in [-0.15, -0.1) is 12.4 Å². The van der Waals surface area contributed by atoms with E-state index in [1.807, 2.05) is 18.0 Å². The number of likely N-dealkylation sites (tertiary alicyclic amines) is 1. The molecule has 5 heteroatoms. The Morgan fingerprint density at radius 3 is 2.43 bits per heavy atom. The van der Waals surface area contributed by atoms with E-state index in [0.717, 1.165) is 25.9 Å². The Morgan fingerprint density at radius 1 is 1.33 bits per heavy atom. The first kappa shape index (κ1) is 18.0. The normalized spacial score (nSPS) is 18.2. The molecule has 1 aromatic carbocycles. The van der Waals surface area contributed by atoms with Crippen LogP contribution in [0, 0.1) is 0 Å². The van der Waals surface area contributed by atoms with E-state index in [9.17, 15) is 4.79 Å². The number of carbonyl (C=O) groups is 1. The van der Waals surface area contributed by atoms with Crippen molar-refractivity contribution >= 4 is 18.4 Å². The van der Waals surface area contributed by atoms with Crippen LogP contribution in [-0.4, -0.2) is 53.6 Å². The zero-order chi connectivity index (χ0) is 14.5. The summed E-state index contributed by atoms with van der Waals surface area (Å²) in [6.45, 7) is 4.45. The van der Waals surface area contributed by atoms with E-state index in [0.29, 0.717) is 12.1 Å². The Bertz CT molecular complexity index is 433. The zero-order valence-electron chi connectivity index (χ0n) is 12.7. The largest absolute Gasteiger partial charge is 0.480 e. The number of likely N-dealkylation sites (N-methyl/N-ethyl adjacent to an activating group) is 1. The third-order valence-electron chi connectivity index (χ3n) is 4.34. The molecule has 1 heterocycles. The molecule has 0 amide bonds. The summed E-state index contributed by atoms with van der Waals surface area (Å²) in [4.78, 5) is 15.2. The number of hydrogen-bond donors (Lipinski definition) is 1. The zero-order valence-corrected chi connectivity index (χ0v) is 13.6. The van der Waals surface area contributed by atoms with Crippen LogP contribution in [0.4, 0.5) is 0 Å². The molecule has 0 aliphatic carbocycles. The van der Waals surface area contributed by atoms with Crippen LogP contribution in [0.15, 0.2) is 30.3 Å². The first-order valence-electron chi connectivity index (χ1n) is 7.29. The lowest BCUT2D eigenvalue weighted by atomic mass is 9.99. The van der Waals surface area contributed by atoms with Gasteiger partial charge >= 0.3 is 5.97 Å². The van der Waals surface area contributed by atoms with Crippen molar-refractivity contribution in [2.75, 3.05) is 26.7 Å². The van der Waals surface area contributed by atoms with Gasteiger partial charge in [0.15, 0.2) is 0 Å². The summed E-state index contributed by atoms with van der Waals surface area (Å²) >= 11 is 0. The Hall–Kier alpha value is -1.10. The number of carboxylic acids is 1. The van der Waals surface area contributed by atoms with Crippen LogP contribution in [0.5, 0.6) is 0 Å². The van der Waals surface area contributed by atoms with Gasteiger partial charge in [-0.1, -0.05) is 30.3 Å². The van der Waals surface area contributed by atoms with E-state index in [1.54, 1.807) is 0 Å². The van der Waals surface area contributed by atoms with Gasteiger partial charge in [0.1, 0.15) is 0 Å². The fraction of sp³-hybridized carbons (Fsp3) is 0.562. The third kappa shape index (κ3) is 4.99. The molecule has 1 fully saturated rings. The minimum Gasteiger partial charge on any atom is -0.480 e. The summed E-state index contributed by atoms with van der Waals surface area (Å²) < 4.78 is 0. The standard InChI is InChI=1S/C16H24N2O2.ClH/c1-13(14-6-4-3-5-7-14)18-10-8-15(9-11-18)17(2)12-16(19)20;/h3-7,13,15H,8-12H2,1-2H3,(H,19,20);1H. The lowest BCUT2D eigenvalue weighted by molar-refractivity contribution is -0.138. The minimum atomic E-state index is -0.743. The van der Waals surface area contributed by atoms with E-state index in [4.69, 9.17) is 5.11 Å². The molecule has 0 radical (unpaired) electrons. The first-order valence-corrected chi connectivity index (χ1v) is 7.29. The molecular formula is C16H25ClN2O2. The van der Waals surface area contributed by atoms with E-state index in [1.165, 1.54) is 5.56 Å². The number of hydrogen-bond acceptors (Lipinski definition) is 3. The predicted octanol–water partition coefficient (Wildman–Crippen LogP) is 2.65. The average Bonchev–Trinajstić information content (AvgIpc) is 2.47. The van der Waals surface area contributed by atoms with E-state index >= 15 is 0 Å². The number of halogens is 1. The second-order valence-corrected chi connectivity index (χ2v) is 5.66. The van der Waals surface area contributed by atoms with Crippen molar-refractivity contribution in [2.24, 2.45) is 0 Å². The molecule has 1 saturated heterocycles. The summed E-state index contributed by atoms with van der Waals surface area (Å²) in [6.07, 6.45) is 2.09. The molecule has 1 atom stereocenters. The van der Waals surface area contributed by atoms with Crippen LogP contribution in [0.2, 0.25) is 0 Å². The fourth-order valence-corrected chi connectivity index (χ4v) is 3.00. The summed E-state index contributed by atoms with van der Waals surface area (Å²) in [5.41, 5.74) is 1.35. The molecule has 1 aromatic rings. The molecule has 118 valence electrons. The smallest absolute Gasteiger partial charge is 0.317 e. The highest BCUT2D eigenvalue weighted by Gasteiger charge is 2.26. The Kier molecular flexibility index (Phi) is 7.15. The van der Waals surface area contributed by atoms with Gasteiger partial charge in [-0.25, -0.2) is 0 Å². The van der Waals surface area contributed by atoms with Crippen LogP contribution in [0.1, 0.15) is 31.4 Å². The van der Waals surface area contributed by atoms with Gasteiger partial charge in [-0.05, 0) is 32.4 Å². The first-order chi connectivity index (χ1) is 9.58. The molecule has 21 heavy (non-hydrogen) atoms. The van der Waals surface area contributed by atoms with Crippen molar-refractivity contribution in [3.63, 3.8) is 0 Å². The van der Waals surface area contributed by atoms with Crippen LogP contribution in [0.3, 0.4) is 0 Å². The molecule has 1 aliphatic rings. The van der Waals surface area contributed by atoms with Gasteiger partial charge in [-0.2, -0.15) is 0 Å². The molecule has 0 spiro atoms. The monoisotopic (exact) mass is 312 g/mol. The van der Waals surface area contributed by atoms with Gasteiger partial charge in [0.25, 0.3) is 0 Å². The molecule has 0 bridgehead atoms. The van der Waals surface area contributed by atoms with Gasteiger partial charge in [0.2, 0.25) is 0 Å². The van der Waals surface area contributed by atoms with Crippen LogP contribution in [0.25, 0.3) is 0 Å². The van der Waals surface area contributed by atoms with E-state index in [2.05, 4.69) is 36.1 Å². The quantitative estimate of drug-likeness (QED) is 0.908. The Morgan fingerprint density at radius 2 is 1.90 bits per heavy atom. The van der Waals surface area contributed by atoms with Crippen molar-refractivity contribution in [1.29, 1.82) is 0 Å². The lowest BCUT2D eigenvalue weighted by Gasteiger charge is -2.39. The van der Waals surface area contributed by atoms with E-state index in [-0.39, 0.29) is 19.0 Å². The Balaban J connectivity index is 0.00000220. The summed E-state index contributed by atoms with van der Waals surface area (Å²) in [6, 6.07) is 11.4. The molecule has 1 unspecified atom stereocenters. The molecule has 2 rings (SSSR count). The number of benzene rings is 1. The average molecular weight is 313 g/mol. The summed E-state index contributed by atoms with van der Waals surface area (Å²) in [5.74, 6) is -0.743. The van der Waals surface area contributed by atoms with Crippen molar-refractivity contribution in [3.8, 4) is 0 Å². The number of aliphatic carboxylic acids is 1. The molecule has 0 saturated carbocycles. The fourth-order valence-electron chi connectivity index (χ4n) is 3.00. The third-order valence-corrected chi connectivity index (χ3v) is 4.34. The highest BCUT2D eigenvalue weighted by atomic mass is 35.5. The van der Waals surface area contributed by atoms with Gasteiger partial charge in [-0.3, -0.25) is 14.6 Å². The maximum atomic E-state index is 10.8. The maximum Gasteiger partial charge on any atom is 0.317 e. The minimum absolute atomic E-state index is 0. The van der Waals surface area contributed by atoms with E-state index < -0.39 is 5.97 Å². The highest BCUT2D eigenvalue weighted by Crippen LogP contribution is 2.25.